The van der Waals surface area contributed by atoms with Crippen molar-refractivity contribution in [3.63, 3.8) is 0 Å². The van der Waals surface area contributed by atoms with Crippen LogP contribution >= 0.6 is 12.4 Å². The Morgan fingerprint density at radius 1 is 0.708 bits per heavy atom. The second-order valence-corrected chi connectivity index (χ2v) is 5.48. The van der Waals surface area contributed by atoms with Crippen molar-refractivity contribution >= 4 is 24.2 Å². The first kappa shape index (κ1) is 20.3. The van der Waals surface area contributed by atoms with Crippen LogP contribution in [-0.4, -0.2) is 56.1 Å². The summed E-state index contributed by atoms with van der Waals surface area (Å²) in [5, 5.41) is 12.4. The molecule has 1 aliphatic heterocycles. The number of carbonyl (C=O) groups excluding carboxylic acids is 2. The summed E-state index contributed by atoms with van der Waals surface area (Å²) in [6, 6.07) is 4.91. The maximum atomic E-state index is 12.0. The molecule has 1 aromatic heterocycles. The number of amides is 2. The molecule has 0 saturated heterocycles. The third-order valence-electron chi connectivity index (χ3n) is 3.55. The van der Waals surface area contributed by atoms with Crippen LogP contribution in [0.25, 0.3) is 0 Å². The Bertz CT molecular complexity index is 486. The van der Waals surface area contributed by atoms with Gasteiger partial charge in [-0.3, -0.25) is 9.59 Å². The number of rotatable bonds is 0. The first-order chi connectivity index (χ1) is 11.3. The van der Waals surface area contributed by atoms with E-state index in [0.29, 0.717) is 13.1 Å². The summed E-state index contributed by atoms with van der Waals surface area (Å²) in [5.41, 5.74) is 0.543. The third kappa shape index (κ3) is 7.25. The monoisotopic (exact) mass is 355 g/mol. The van der Waals surface area contributed by atoms with Gasteiger partial charge in [0, 0.05) is 13.1 Å². The van der Waals surface area contributed by atoms with Gasteiger partial charge >= 0.3 is 0 Å². The first-order valence-electron chi connectivity index (χ1n) is 8.22. The van der Waals surface area contributed by atoms with Crippen molar-refractivity contribution in [1.29, 1.82) is 0 Å². The Balaban J connectivity index is 0.00000288. The SMILES string of the molecule is Cl.O=C1NCCCNCCCNCCCNC(=O)c2cccc1n2. The number of fused-ring (bicyclic) bond motifs is 2. The molecule has 134 valence electrons. The zero-order chi connectivity index (χ0) is 16.3. The Labute approximate surface area is 148 Å². The second-order valence-electron chi connectivity index (χ2n) is 5.48. The van der Waals surface area contributed by atoms with Gasteiger partial charge in [0.2, 0.25) is 0 Å². The maximum Gasteiger partial charge on any atom is 0.269 e. The Hall–Kier alpha value is -1.70. The van der Waals surface area contributed by atoms with Crippen molar-refractivity contribution in [2.45, 2.75) is 19.3 Å². The van der Waals surface area contributed by atoms with Crippen LogP contribution in [0.2, 0.25) is 0 Å². The molecule has 7 nitrogen and oxygen atoms in total. The molecule has 0 fully saturated rings. The van der Waals surface area contributed by atoms with Crippen LogP contribution in [0.4, 0.5) is 0 Å². The lowest BCUT2D eigenvalue weighted by atomic mass is 10.2. The van der Waals surface area contributed by atoms with E-state index in [9.17, 15) is 9.59 Å². The number of halogens is 1. The molecule has 0 radical (unpaired) electrons. The number of hydrogen-bond acceptors (Lipinski definition) is 5. The average Bonchev–Trinajstić information content (AvgIpc) is 2.58. The van der Waals surface area contributed by atoms with Crippen molar-refractivity contribution in [3.05, 3.63) is 29.6 Å². The van der Waals surface area contributed by atoms with Crippen LogP contribution < -0.4 is 21.3 Å². The quantitative estimate of drug-likeness (QED) is 0.538. The van der Waals surface area contributed by atoms with E-state index in [1.54, 1.807) is 18.2 Å². The summed E-state index contributed by atoms with van der Waals surface area (Å²) >= 11 is 0. The van der Waals surface area contributed by atoms with E-state index in [4.69, 9.17) is 0 Å². The van der Waals surface area contributed by atoms with Crippen LogP contribution in [0.15, 0.2) is 18.2 Å². The van der Waals surface area contributed by atoms with Gasteiger partial charge in [-0.15, -0.1) is 12.4 Å². The molecule has 0 unspecified atom stereocenters. The lowest BCUT2D eigenvalue weighted by Crippen LogP contribution is -2.31. The molecule has 1 aliphatic rings. The van der Waals surface area contributed by atoms with Crippen molar-refractivity contribution in [2.75, 3.05) is 39.3 Å². The summed E-state index contributed by atoms with van der Waals surface area (Å²) in [6.07, 6.45) is 2.78. The van der Waals surface area contributed by atoms with Gasteiger partial charge < -0.3 is 21.3 Å². The molecular formula is C16H26ClN5O2. The molecule has 24 heavy (non-hydrogen) atoms. The predicted octanol–water partition coefficient (Wildman–Crippen LogP) is 0.326. The molecule has 1 aromatic rings. The molecular weight excluding hydrogens is 330 g/mol. The fourth-order valence-corrected chi connectivity index (χ4v) is 2.29. The maximum absolute atomic E-state index is 12.0. The number of hydrogen-bond donors (Lipinski definition) is 4. The minimum absolute atomic E-state index is 0. The molecule has 2 amide bonds. The average molecular weight is 356 g/mol. The molecule has 4 N–H and O–H groups in total. The highest BCUT2D eigenvalue weighted by molar-refractivity contribution is 5.96. The largest absolute Gasteiger partial charge is 0.351 e. The van der Waals surface area contributed by atoms with Crippen LogP contribution in [0.1, 0.15) is 40.2 Å². The molecule has 0 spiro atoms. The number of carbonyl (C=O) groups is 2. The topological polar surface area (TPSA) is 95.1 Å². The smallest absolute Gasteiger partial charge is 0.269 e. The van der Waals surface area contributed by atoms with E-state index in [-0.39, 0.29) is 35.6 Å². The first-order valence-corrected chi connectivity index (χ1v) is 8.22. The molecule has 8 heteroatoms. The van der Waals surface area contributed by atoms with Crippen LogP contribution in [0.3, 0.4) is 0 Å². The molecule has 0 atom stereocenters. The van der Waals surface area contributed by atoms with Gasteiger partial charge in [0.1, 0.15) is 11.4 Å². The Kier molecular flexibility index (Phi) is 9.98. The zero-order valence-corrected chi connectivity index (χ0v) is 14.6. The van der Waals surface area contributed by atoms with Gasteiger partial charge in [0.25, 0.3) is 11.8 Å². The van der Waals surface area contributed by atoms with Crippen molar-refractivity contribution < 1.29 is 9.59 Å². The molecule has 0 aromatic carbocycles. The number of pyridine rings is 1. The fraction of sp³-hybridized carbons (Fsp3) is 0.562. The number of nitrogens with one attached hydrogen (secondary N) is 4. The summed E-state index contributed by atoms with van der Waals surface area (Å²) in [7, 11) is 0. The van der Waals surface area contributed by atoms with Gasteiger partial charge in [-0.25, -0.2) is 4.98 Å². The lowest BCUT2D eigenvalue weighted by molar-refractivity contribution is 0.0944. The van der Waals surface area contributed by atoms with Gasteiger partial charge in [0.15, 0.2) is 0 Å². The lowest BCUT2D eigenvalue weighted by Gasteiger charge is -2.10. The molecule has 0 aliphatic carbocycles. The van der Waals surface area contributed by atoms with E-state index < -0.39 is 0 Å². The summed E-state index contributed by atoms with van der Waals surface area (Å²) < 4.78 is 0. The highest BCUT2D eigenvalue weighted by atomic mass is 35.5. The van der Waals surface area contributed by atoms with Gasteiger partial charge in [0.05, 0.1) is 0 Å². The fourth-order valence-electron chi connectivity index (χ4n) is 2.29. The number of aromatic nitrogens is 1. The van der Waals surface area contributed by atoms with E-state index in [2.05, 4.69) is 26.3 Å². The minimum Gasteiger partial charge on any atom is -0.351 e. The molecule has 2 bridgehead atoms. The Morgan fingerprint density at radius 2 is 1.12 bits per heavy atom. The standard InChI is InChI=1S/C16H25N5O2.ClH/c22-15-13-5-1-6-14(21-13)16(23)20-12-4-10-18-8-2-7-17-9-3-11-19-15;/h1,5-6,17-18H,2-4,7-12H2,(H,19,22)(H,20,23);1H. The zero-order valence-electron chi connectivity index (χ0n) is 13.8. The highest BCUT2D eigenvalue weighted by Crippen LogP contribution is 2.00. The normalized spacial score (nSPS) is 18.3. The third-order valence-corrected chi connectivity index (χ3v) is 3.55. The van der Waals surface area contributed by atoms with E-state index in [1.165, 1.54) is 0 Å². The van der Waals surface area contributed by atoms with E-state index in [0.717, 1.165) is 45.4 Å². The Morgan fingerprint density at radius 3 is 1.58 bits per heavy atom. The van der Waals surface area contributed by atoms with Crippen LogP contribution in [0.5, 0.6) is 0 Å². The summed E-state index contributed by atoms with van der Waals surface area (Å²) in [4.78, 5) is 28.2. The molecule has 0 saturated carbocycles. The highest BCUT2D eigenvalue weighted by Gasteiger charge is 2.11. The second kappa shape index (κ2) is 11.8. The van der Waals surface area contributed by atoms with Gasteiger partial charge in [-0.2, -0.15) is 0 Å². The molecule has 2 heterocycles. The van der Waals surface area contributed by atoms with E-state index >= 15 is 0 Å². The predicted molar refractivity (Wildman–Crippen MR) is 95.7 cm³/mol. The molecule has 2 rings (SSSR count). The van der Waals surface area contributed by atoms with E-state index in [1.807, 2.05) is 0 Å². The van der Waals surface area contributed by atoms with Gasteiger partial charge in [-0.1, -0.05) is 6.07 Å². The van der Waals surface area contributed by atoms with Crippen LogP contribution in [-0.2, 0) is 0 Å². The van der Waals surface area contributed by atoms with Crippen LogP contribution in [0, 0.1) is 0 Å². The number of nitrogens with zero attached hydrogens (tertiary/aromatic N) is 1. The summed E-state index contributed by atoms with van der Waals surface area (Å²) in [6.45, 7) is 4.83. The van der Waals surface area contributed by atoms with Gasteiger partial charge in [-0.05, 0) is 57.6 Å². The summed E-state index contributed by atoms with van der Waals surface area (Å²) in [5.74, 6) is -0.491. The van der Waals surface area contributed by atoms with Crippen molar-refractivity contribution in [1.82, 2.24) is 26.3 Å². The van der Waals surface area contributed by atoms with Crippen molar-refractivity contribution in [3.8, 4) is 0 Å². The van der Waals surface area contributed by atoms with Crippen molar-refractivity contribution in [2.24, 2.45) is 0 Å². The minimum atomic E-state index is -0.245.